The minimum atomic E-state index is -0.231. The first kappa shape index (κ1) is 25.4. The average Bonchev–Trinajstić information content (AvgIpc) is 3.31. The summed E-state index contributed by atoms with van der Waals surface area (Å²) in [4.78, 5) is 9.66. The number of benzene rings is 2. The molecule has 3 aromatic rings. The van der Waals surface area contributed by atoms with Crippen LogP contribution in [0.2, 0.25) is 0 Å². The molecule has 0 bridgehead atoms. The Labute approximate surface area is 219 Å². The largest absolute Gasteiger partial charge is 0.369 e. The maximum absolute atomic E-state index is 15.4. The number of piperidine rings is 1. The van der Waals surface area contributed by atoms with Gasteiger partial charge in [-0.2, -0.15) is 5.10 Å². The zero-order chi connectivity index (χ0) is 25.9. The fourth-order valence-corrected chi connectivity index (χ4v) is 5.49. The van der Waals surface area contributed by atoms with Gasteiger partial charge < -0.3 is 15.1 Å². The number of nitrogens with one attached hydrogen (secondary N) is 2. The first-order valence-corrected chi connectivity index (χ1v) is 13.3. The van der Waals surface area contributed by atoms with Gasteiger partial charge in [0.25, 0.3) is 0 Å². The number of anilines is 1. The molecule has 0 spiro atoms. The molecular formula is C30H37FN6. The number of aromatic amines is 1. The van der Waals surface area contributed by atoms with Gasteiger partial charge in [-0.15, -0.1) is 0 Å². The summed E-state index contributed by atoms with van der Waals surface area (Å²) < 4.78 is 15.4. The lowest BCUT2D eigenvalue weighted by atomic mass is 9.93. The molecule has 2 saturated heterocycles. The summed E-state index contributed by atoms with van der Waals surface area (Å²) in [6.45, 7) is 12.9. The summed E-state index contributed by atoms with van der Waals surface area (Å²) >= 11 is 0. The highest BCUT2D eigenvalue weighted by molar-refractivity contribution is 6.03. The molecule has 0 amide bonds. The van der Waals surface area contributed by atoms with Crippen molar-refractivity contribution in [3.05, 3.63) is 71.2 Å². The SMILES string of the molecule is C=Cc1[nH]nc(-c2ccc(N3CCN(C)CC3)cc2)c1/N=C(\C)c1c(C)cc(C2CCCCN2)cc1F. The predicted molar refractivity (Wildman–Crippen MR) is 151 cm³/mol. The Kier molecular flexibility index (Phi) is 7.53. The average molecular weight is 501 g/mol. The number of aromatic nitrogens is 2. The van der Waals surface area contributed by atoms with Gasteiger partial charge in [-0.25, -0.2) is 9.38 Å². The summed E-state index contributed by atoms with van der Waals surface area (Å²) in [5.41, 5.74) is 7.39. The highest BCUT2D eigenvalue weighted by Gasteiger charge is 2.21. The molecule has 1 atom stereocenters. The number of aryl methyl sites for hydroxylation is 1. The van der Waals surface area contributed by atoms with Crippen LogP contribution < -0.4 is 10.2 Å². The Hall–Kier alpha value is -3.29. The zero-order valence-electron chi connectivity index (χ0n) is 22.1. The van der Waals surface area contributed by atoms with Crippen LogP contribution in [0.1, 0.15) is 54.6 Å². The number of H-pyrrole nitrogens is 1. The minimum Gasteiger partial charge on any atom is -0.369 e. The van der Waals surface area contributed by atoms with Crippen LogP contribution in [-0.2, 0) is 0 Å². The maximum Gasteiger partial charge on any atom is 0.132 e. The van der Waals surface area contributed by atoms with Crippen LogP contribution in [0.3, 0.4) is 0 Å². The quantitative estimate of drug-likeness (QED) is 0.416. The standard InChI is InChI=1S/C30H37FN6/c1-5-26-30(29(35-34-26)22-9-11-24(12-10-22)37-16-14-36(4)15-17-37)33-21(3)28-20(2)18-23(19-25(28)31)27-8-6-7-13-32-27/h5,9-12,18-19,27,32H,1,6-8,13-17H2,2-4H3,(H,34,35)/b33-21+. The van der Waals surface area contributed by atoms with E-state index in [4.69, 9.17) is 4.99 Å². The third-order valence-electron chi connectivity index (χ3n) is 7.64. The molecule has 5 rings (SSSR count). The van der Waals surface area contributed by atoms with Crippen LogP contribution in [0.15, 0.2) is 48.0 Å². The number of halogens is 1. The number of piperazine rings is 1. The van der Waals surface area contributed by atoms with E-state index in [1.165, 1.54) is 18.5 Å². The topological polar surface area (TPSA) is 59.6 Å². The molecule has 1 unspecified atom stereocenters. The Morgan fingerprint density at radius 2 is 1.89 bits per heavy atom. The van der Waals surface area contributed by atoms with E-state index >= 15 is 4.39 Å². The molecule has 37 heavy (non-hydrogen) atoms. The number of rotatable bonds is 6. The van der Waals surface area contributed by atoms with Crippen molar-refractivity contribution in [1.29, 1.82) is 0 Å². The Balaban J connectivity index is 1.44. The first-order chi connectivity index (χ1) is 17.9. The van der Waals surface area contributed by atoms with Gasteiger partial charge in [0.15, 0.2) is 0 Å². The van der Waals surface area contributed by atoms with Crippen LogP contribution in [0.5, 0.6) is 0 Å². The van der Waals surface area contributed by atoms with E-state index in [9.17, 15) is 0 Å². The molecule has 7 heteroatoms. The fraction of sp³-hybridized carbons (Fsp3) is 0.400. The van der Waals surface area contributed by atoms with Gasteiger partial charge in [0.2, 0.25) is 0 Å². The molecular weight excluding hydrogens is 463 g/mol. The van der Waals surface area contributed by atoms with E-state index in [-0.39, 0.29) is 11.9 Å². The third-order valence-corrected chi connectivity index (χ3v) is 7.64. The molecule has 2 aliphatic heterocycles. The number of aliphatic imine (C=N–C) groups is 1. The summed E-state index contributed by atoms with van der Waals surface area (Å²) in [6.07, 6.45) is 5.10. The summed E-state index contributed by atoms with van der Waals surface area (Å²) in [5.74, 6) is -0.231. The van der Waals surface area contributed by atoms with Gasteiger partial charge in [-0.3, -0.25) is 5.10 Å². The minimum absolute atomic E-state index is 0.218. The lowest BCUT2D eigenvalue weighted by Gasteiger charge is -2.34. The number of hydrogen-bond acceptors (Lipinski definition) is 5. The van der Waals surface area contributed by atoms with E-state index in [2.05, 4.69) is 69.3 Å². The smallest absolute Gasteiger partial charge is 0.132 e. The maximum atomic E-state index is 15.4. The highest BCUT2D eigenvalue weighted by atomic mass is 19.1. The monoisotopic (exact) mass is 500 g/mol. The van der Waals surface area contributed by atoms with E-state index < -0.39 is 0 Å². The normalized spacial score (nSPS) is 19.3. The molecule has 0 radical (unpaired) electrons. The number of hydrogen-bond donors (Lipinski definition) is 2. The van der Waals surface area contributed by atoms with Crippen molar-refractivity contribution in [3.63, 3.8) is 0 Å². The van der Waals surface area contributed by atoms with Gasteiger partial charge in [-0.05, 0) is 75.7 Å². The number of likely N-dealkylation sites (N-methyl/N-ethyl adjacent to an activating group) is 1. The van der Waals surface area contributed by atoms with Crippen molar-refractivity contribution in [3.8, 4) is 11.3 Å². The Bertz CT molecular complexity index is 1250. The Morgan fingerprint density at radius 1 is 1.14 bits per heavy atom. The van der Waals surface area contributed by atoms with E-state index in [0.29, 0.717) is 17.0 Å². The van der Waals surface area contributed by atoms with Crippen LogP contribution in [-0.4, -0.2) is 60.6 Å². The summed E-state index contributed by atoms with van der Waals surface area (Å²) in [5, 5.41) is 11.1. The van der Waals surface area contributed by atoms with Gasteiger partial charge in [0.05, 0.1) is 5.69 Å². The second-order valence-electron chi connectivity index (χ2n) is 10.3. The fourth-order valence-electron chi connectivity index (χ4n) is 5.49. The van der Waals surface area contributed by atoms with Crippen molar-refractivity contribution in [2.24, 2.45) is 4.99 Å². The van der Waals surface area contributed by atoms with Gasteiger partial charge in [0, 0.05) is 54.7 Å². The van der Waals surface area contributed by atoms with Crippen molar-refractivity contribution in [2.45, 2.75) is 39.2 Å². The second-order valence-corrected chi connectivity index (χ2v) is 10.3. The second kappa shape index (κ2) is 11.0. The van der Waals surface area contributed by atoms with Crippen LogP contribution in [0.25, 0.3) is 17.3 Å². The van der Waals surface area contributed by atoms with Gasteiger partial charge >= 0.3 is 0 Å². The molecule has 0 saturated carbocycles. The molecule has 2 N–H and O–H groups in total. The van der Waals surface area contributed by atoms with Crippen molar-refractivity contribution >= 4 is 23.2 Å². The highest BCUT2D eigenvalue weighted by Crippen LogP contribution is 2.35. The lowest BCUT2D eigenvalue weighted by Crippen LogP contribution is -2.44. The van der Waals surface area contributed by atoms with Crippen molar-refractivity contribution in [2.75, 3.05) is 44.7 Å². The van der Waals surface area contributed by atoms with Crippen LogP contribution in [0, 0.1) is 12.7 Å². The van der Waals surface area contributed by atoms with Gasteiger partial charge in [-0.1, -0.05) is 31.2 Å². The molecule has 2 aliphatic rings. The third kappa shape index (κ3) is 5.38. The van der Waals surface area contributed by atoms with Crippen molar-refractivity contribution < 1.29 is 4.39 Å². The van der Waals surface area contributed by atoms with Crippen LogP contribution in [0.4, 0.5) is 15.8 Å². The summed E-state index contributed by atoms with van der Waals surface area (Å²) in [6, 6.07) is 12.4. The van der Waals surface area contributed by atoms with E-state index in [1.807, 2.05) is 13.8 Å². The predicted octanol–water partition coefficient (Wildman–Crippen LogP) is 5.87. The molecule has 2 aromatic carbocycles. The first-order valence-electron chi connectivity index (χ1n) is 13.3. The molecule has 2 fully saturated rings. The molecule has 194 valence electrons. The number of nitrogens with zero attached hydrogens (tertiary/aromatic N) is 4. The molecule has 0 aliphatic carbocycles. The lowest BCUT2D eigenvalue weighted by molar-refractivity contribution is 0.313. The molecule has 3 heterocycles. The zero-order valence-corrected chi connectivity index (χ0v) is 22.1. The van der Waals surface area contributed by atoms with Crippen molar-refractivity contribution in [1.82, 2.24) is 20.4 Å². The molecule has 6 nitrogen and oxygen atoms in total. The Morgan fingerprint density at radius 3 is 2.54 bits per heavy atom. The molecule has 1 aromatic heterocycles. The van der Waals surface area contributed by atoms with E-state index in [0.717, 1.165) is 67.2 Å². The van der Waals surface area contributed by atoms with E-state index in [1.54, 1.807) is 12.1 Å². The summed E-state index contributed by atoms with van der Waals surface area (Å²) in [7, 11) is 2.16. The van der Waals surface area contributed by atoms with Crippen LogP contribution >= 0.6 is 0 Å². The van der Waals surface area contributed by atoms with Gasteiger partial charge in [0.1, 0.15) is 17.2 Å².